The van der Waals surface area contributed by atoms with Crippen molar-refractivity contribution in [1.29, 1.82) is 0 Å². The molecule has 1 fully saturated rings. The maximum atomic E-state index is 13.5. The van der Waals surface area contributed by atoms with Crippen molar-refractivity contribution in [2.45, 2.75) is 25.8 Å². The number of ether oxygens (including phenoxy) is 2. The second kappa shape index (κ2) is 8.57. The lowest BCUT2D eigenvalue weighted by atomic mass is 10.0. The third-order valence-corrected chi connectivity index (χ3v) is 5.58. The van der Waals surface area contributed by atoms with E-state index in [0.29, 0.717) is 28.3 Å². The summed E-state index contributed by atoms with van der Waals surface area (Å²) >= 11 is 0. The second-order valence-corrected chi connectivity index (χ2v) is 7.39. The first-order valence-electron chi connectivity index (χ1n) is 10.1. The Morgan fingerprint density at radius 2 is 1.60 bits per heavy atom. The molecule has 30 heavy (non-hydrogen) atoms. The summed E-state index contributed by atoms with van der Waals surface area (Å²) in [4.78, 5) is 34.3. The molecule has 0 spiro atoms. The van der Waals surface area contributed by atoms with Gasteiger partial charge in [0.05, 0.1) is 26.3 Å². The molecule has 3 heterocycles. The fourth-order valence-electron chi connectivity index (χ4n) is 4.04. The van der Waals surface area contributed by atoms with Gasteiger partial charge in [-0.05, 0) is 54.7 Å². The van der Waals surface area contributed by atoms with Crippen LogP contribution in [-0.2, 0) is 16.1 Å². The Hall–Kier alpha value is -3.35. The number of amides is 2. The molecule has 7 heteroatoms. The van der Waals surface area contributed by atoms with Gasteiger partial charge in [-0.25, -0.2) is 0 Å². The van der Waals surface area contributed by atoms with Crippen LogP contribution in [0.5, 0.6) is 11.5 Å². The van der Waals surface area contributed by atoms with E-state index in [9.17, 15) is 9.59 Å². The Morgan fingerprint density at radius 1 is 0.900 bits per heavy atom. The molecule has 0 saturated carbocycles. The van der Waals surface area contributed by atoms with Crippen LogP contribution in [0.4, 0.5) is 0 Å². The number of benzene rings is 1. The van der Waals surface area contributed by atoms with E-state index in [4.69, 9.17) is 9.47 Å². The van der Waals surface area contributed by atoms with Crippen LogP contribution >= 0.6 is 0 Å². The van der Waals surface area contributed by atoms with Crippen LogP contribution in [0.1, 0.15) is 30.4 Å². The first kappa shape index (κ1) is 19.9. The summed E-state index contributed by atoms with van der Waals surface area (Å²) in [5.74, 6) is 0.563. The molecule has 2 aromatic rings. The lowest BCUT2D eigenvalue weighted by Crippen LogP contribution is -2.36. The minimum atomic E-state index is -0.287. The smallest absolute Gasteiger partial charge is 0.278 e. The van der Waals surface area contributed by atoms with Crippen molar-refractivity contribution in [2.75, 3.05) is 27.3 Å². The van der Waals surface area contributed by atoms with E-state index in [1.807, 2.05) is 18.2 Å². The normalized spacial score (nSPS) is 17.0. The van der Waals surface area contributed by atoms with Crippen LogP contribution in [-0.4, -0.2) is 53.9 Å². The number of aromatic nitrogens is 1. The Morgan fingerprint density at radius 3 is 2.27 bits per heavy atom. The Kier molecular flexibility index (Phi) is 5.70. The van der Waals surface area contributed by atoms with Crippen LogP contribution in [0.2, 0.25) is 0 Å². The first-order chi connectivity index (χ1) is 14.6. The number of likely N-dealkylation sites (tertiary alicyclic amines) is 1. The lowest BCUT2D eigenvalue weighted by Gasteiger charge is -2.29. The highest BCUT2D eigenvalue weighted by Crippen LogP contribution is 2.37. The van der Waals surface area contributed by atoms with Gasteiger partial charge in [0, 0.05) is 25.5 Å². The Labute approximate surface area is 175 Å². The summed E-state index contributed by atoms with van der Waals surface area (Å²) in [6.07, 6.45) is 6.48. The summed E-state index contributed by atoms with van der Waals surface area (Å²) < 4.78 is 10.7. The zero-order valence-corrected chi connectivity index (χ0v) is 17.3. The van der Waals surface area contributed by atoms with Crippen LogP contribution < -0.4 is 9.47 Å². The maximum Gasteiger partial charge on any atom is 0.278 e. The van der Waals surface area contributed by atoms with Crippen LogP contribution in [0.15, 0.2) is 48.4 Å². The van der Waals surface area contributed by atoms with Gasteiger partial charge in [0.15, 0.2) is 11.5 Å². The summed E-state index contributed by atoms with van der Waals surface area (Å²) in [5, 5.41) is 0. The highest BCUT2D eigenvalue weighted by Gasteiger charge is 2.41. The predicted octanol–water partition coefficient (Wildman–Crippen LogP) is 2.86. The molecule has 0 radical (unpaired) electrons. The number of carbonyl (C=O) groups is 2. The van der Waals surface area contributed by atoms with Gasteiger partial charge in [0.1, 0.15) is 5.70 Å². The summed E-state index contributed by atoms with van der Waals surface area (Å²) in [7, 11) is 3.12. The van der Waals surface area contributed by atoms with Crippen LogP contribution in [0, 0.1) is 0 Å². The standard InChI is InChI=1S/C23H25N3O4/c1-29-18-7-6-17(14-19(18)30-2)20-21(25-12-4-3-5-13-25)23(28)26(22(20)27)15-16-8-10-24-11-9-16/h6-11,14H,3-5,12-13,15H2,1-2H3. The number of imide groups is 1. The number of hydrogen-bond donors (Lipinski definition) is 0. The summed E-state index contributed by atoms with van der Waals surface area (Å²) in [6, 6.07) is 8.96. The quantitative estimate of drug-likeness (QED) is 0.686. The topological polar surface area (TPSA) is 72.0 Å². The van der Waals surface area contributed by atoms with Crippen molar-refractivity contribution >= 4 is 17.4 Å². The van der Waals surface area contributed by atoms with Crippen molar-refractivity contribution < 1.29 is 19.1 Å². The molecule has 0 atom stereocenters. The number of rotatable bonds is 6. The molecule has 4 rings (SSSR count). The molecule has 2 aliphatic heterocycles. The number of nitrogens with zero attached hydrogens (tertiary/aromatic N) is 3. The predicted molar refractivity (Wildman–Crippen MR) is 112 cm³/mol. The number of carbonyl (C=O) groups excluding carboxylic acids is 2. The fourth-order valence-corrected chi connectivity index (χ4v) is 4.04. The second-order valence-electron chi connectivity index (χ2n) is 7.39. The highest BCUT2D eigenvalue weighted by molar-refractivity contribution is 6.35. The number of piperidine rings is 1. The van der Waals surface area contributed by atoms with Crippen LogP contribution in [0.3, 0.4) is 0 Å². The van der Waals surface area contributed by atoms with Gasteiger partial charge in [-0.3, -0.25) is 19.5 Å². The van der Waals surface area contributed by atoms with E-state index in [1.165, 1.54) is 4.90 Å². The van der Waals surface area contributed by atoms with Gasteiger partial charge >= 0.3 is 0 Å². The van der Waals surface area contributed by atoms with Crippen molar-refractivity contribution in [3.8, 4) is 11.5 Å². The molecule has 1 aromatic carbocycles. The van der Waals surface area contributed by atoms with E-state index in [-0.39, 0.29) is 18.4 Å². The van der Waals surface area contributed by atoms with Gasteiger partial charge in [0.2, 0.25) is 0 Å². The molecule has 0 N–H and O–H groups in total. The van der Waals surface area contributed by atoms with Crippen molar-refractivity contribution in [3.05, 3.63) is 59.5 Å². The van der Waals surface area contributed by atoms with Crippen molar-refractivity contribution in [1.82, 2.24) is 14.8 Å². The van der Waals surface area contributed by atoms with Gasteiger partial charge in [-0.2, -0.15) is 0 Å². The summed E-state index contributed by atoms with van der Waals surface area (Å²) in [5.41, 5.74) is 2.43. The SMILES string of the molecule is COc1ccc(C2=C(N3CCCCC3)C(=O)N(Cc3ccncc3)C2=O)cc1OC. The van der Waals surface area contributed by atoms with E-state index < -0.39 is 0 Å². The van der Waals surface area contributed by atoms with Gasteiger partial charge in [0.25, 0.3) is 11.8 Å². The van der Waals surface area contributed by atoms with E-state index in [0.717, 1.165) is 37.9 Å². The molecular weight excluding hydrogens is 382 g/mol. The van der Waals surface area contributed by atoms with Gasteiger partial charge in [-0.15, -0.1) is 0 Å². The average Bonchev–Trinajstić information content (AvgIpc) is 3.04. The lowest BCUT2D eigenvalue weighted by molar-refractivity contribution is -0.138. The van der Waals surface area contributed by atoms with Gasteiger partial charge < -0.3 is 14.4 Å². The number of methoxy groups -OCH3 is 2. The Bertz CT molecular complexity index is 981. The maximum absolute atomic E-state index is 13.5. The number of hydrogen-bond acceptors (Lipinski definition) is 6. The molecule has 0 bridgehead atoms. The molecule has 2 aliphatic rings. The summed E-state index contributed by atoms with van der Waals surface area (Å²) in [6.45, 7) is 1.76. The molecule has 1 aromatic heterocycles. The average molecular weight is 407 g/mol. The van der Waals surface area contributed by atoms with Crippen molar-refractivity contribution in [3.63, 3.8) is 0 Å². The third-order valence-electron chi connectivity index (χ3n) is 5.58. The van der Waals surface area contributed by atoms with Crippen LogP contribution in [0.25, 0.3) is 5.57 Å². The monoisotopic (exact) mass is 407 g/mol. The molecule has 0 aliphatic carbocycles. The molecular formula is C23H25N3O4. The minimum Gasteiger partial charge on any atom is -0.493 e. The molecule has 2 amide bonds. The largest absolute Gasteiger partial charge is 0.493 e. The van der Waals surface area contributed by atoms with E-state index in [2.05, 4.69) is 9.88 Å². The van der Waals surface area contributed by atoms with E-state index in [1.54, 1.807) is 38.7 Å². The Balaban J connectivity index is 1.77. The zero-order chi connectivity index (χ0) is 21.1. The van der Waals surface area contributed by atoms with E-state index >= 15 is 0 Å². The highest BCUT2D eigenvalue weighted by atomic mass is 16.5. The third kappa shape index (κ3) is 3.63. The van der Waals surface area contributed by atoms with Crippen molar-refractivity contribution in [2.24, 2.45) is 0 Å². The molecule has 1 saturated heterocycles. The molecule has 0 unspecified atom stereocenters. The molecule has 156 valence electrons. The fraction of sp³-hybridized carbons (Fsp3) is 0.348. The minimum absolute atomic E-state index is 0.217. The zero-order valence-electron chi connectivity index (χ0n) is 17.3. The number of pyridine rings is 1. The first-order valence-corrected chi connectivity index (χ1v) is 10.1. The van der Waals surface area contributed by atoms with Gasteiger partial charge in [-0.1, -0.05) is 6.07 Å². The molecule has 7 nitrogen and oxygen atoms in total.